The van der Waals surface area contributed by atoms with Crippen molar-refractivity contribution in [3.05, 3.63) is 57.2 Å². The Morgan fingerprint density at radius 2 is 1.66 bits per heavy atom. The Kier molecular flexibility index (Phi) is 7.61. The maximum atomic E-state index is 13.8. The van der Waals surface area contributed by atoms with Crippen LogP contribution in [0, 0.1) is 9.64 Å². The number of halogens is 7. The summed E-state index contributed by atoms with van der Waals surface area (Å²) in [7, 11) is 0.956. The van der Waals surface area contributed by atoms with Crippen LogP contribution in [0.15, 0.2) is 36.4 Å². The first-order chi connectivity index (χ1) is 13.5. The largest absolute Gasteiger partial charge is 0.430 e. The molecule has 0 fully saturated rings. The molecule has 0 bridgehead atoms. The summed E-state index contributed by atoms with van der Waals surface area (Å²) in [4.78, 5) is 0. The van der Waals surface area contributed by atoms with Crippen LogP contribution in [0.4, 0.5) is 26.3 Å². The molecular weight excluding hydrogens is 513 g/mol. The molecule has 0 aliphatic carbocycles. The minimum absolute atomic E-state index is 0.300. The molecule has 0 amide bonds. The zero-order valence-electron chi connectivity index (χ0n) is 15.5. The van der Waals surface area contributed by atoms with Gasteiger partial charge in [0.15, 0.2) is 0 Å². The summed E-state index contributed by atoms with van der Waals surface area (Å²) in [5, 5.41) is 0. The predicted octanol–water partition coefficient (Wildman–Crippen LogP) is 6.65. The third-order valence-corrected chi connectivity index (χ3v) is 5.22. The molecule has 2 aromatic rings. The molecule has 0 heterocycles. The van der Waals surface area contributed by atoms with Crippen molar-refractivity contribution in [2.75, 3.05) is 13.9 Å². The Bertz CT molecular complexity index is 818. The molecule has 0 unspecified atom stereocenters. The molecule has 0 atom stereocenters. The van der Waals surface area contributed by atoms with E-state index in [1.165, 1.54) is 6.07 Å². The van der Waals surface area contributed by atoms with Crippen LogP contribution in [-0.2, 0) is 21.5 Å². The Hall–Kier alpha value is -1.33. The van der Waals surface area contributed by atoms with Gasteiger partial charge in [0, 0.05) is 16.2 Å². The van der Waals surface area contributed by atoms with Crippen molar-refractivity contribution < 1.29 is 35.8 Å². The van der Waals surface area contributed by atoms with Crippen molar-refractivity contribution >= 4 is 22.6 Å². The maximum absolute atomic E-state index is 13.8. The topological polar surface area (TPSA) is 18.5 Å². The van der Waals surface area contributed by atoms with Gasteiger partial charge in [-0.25, -0.2) is 0 Å². The third kappa shape index (κ3) is 4.72. The summed E-state index contributed by atoms with van der Waals surface area (Å²) in [6.45, 7) is 0.624. The van der Waals surface area contributed by atoms with Crippen LogP contribution in [0.5, 0.6) is 0 Å². The average Bonchev–Trinajstić information content (AvgIpc) is 2.61. The first-order valence-corrected chi connectivity index (χ1v) is 9.63. The van der Waals surface area contributed by atoms with Gasteiger partial charge in [0.05, 0.1) is 0 Å². The summed E-state index contributed by atoms with van der Waals surface area (Å²) >= 11 is 2.05. The average molecular weight is 531 g/mol. The fourth-order valence-corrected chi connectivity index (χ4v) is 3.71. The lowest BCUT2D eigenvalue weighted by molar-refractivity contribution is -0.400. The van der Waals surface area contributed by atoms with E-state index in [9.17, 15) is 26.3 Å². The van der Waals surface area contributed by atoms with Gasteiger partial charge in [-0.2, -0.15) is 26.3 Å². The summed E-state index contributed by atoms with van der Waals surface area (Å²) in [6, 6.07) is 11.0. The maximum Gasteiger partial charge on any atom is 0.430 e. The summed E-state index contributed by atoms with van der Waals surface area (Å²) < 4.78 is 92.1. The second-order valence-corrected chi connectivity index (χ2v) is 7.42. The second-order valence-electron chi connectivity index (χ2n) is 6.26. The number of rotatable bonds is 7. The molecule has 2 aromatic carbocycles. The molecule has 0 aliphatic rings. The normalized spacial score (nSPS) is 13.0. The third-order valence-electron chi connectivity index (χ3n) is 4.33. The summed E-state index contributed by atoms with van der Waals surface area (Å²) in [6.07, 6.45) is -10.7. The number of alkyl halides is 6. The van der Waals surface area contributed by atoms with Gasteiger partial charge < -0.3 is 9.47 Å². The zero-order chi connectivity index (χ0) is 21.9. The van der Waals surface area contributed by atoms with E-state index in [4.69, 9.17) is 0 Å². The number of ether oxygens (including phenoxy) is 2. The highest BCUT2D eigenvalue weighted by Gasteiger charge is 2.73. The van der Waals surface area contributed by atoms with Crippen LogP contribution in [0.25, 0.3) is 11.1 Å². The highest BCUT2D eigenvalue weighted by molar-refractivity contribution is 14.1. The van der Waals surface area contributed by atoms with Gasteiger partial charge in [0.25, 0.3) is 5.60 Å². The van der Waals surface area contributed by atoms with Gasteiger partial charge in [-0.3, -0.25) is 0 Å². The van der Waals surface area contributed by atoms with E-state index in [-0.39, 0.29) is 0 Å². The van der Waals surface area contributed by atoms with Gasteiger partial charge >= 0.3 is 12.4 Å². The number of methoxy groups -OCH3 is 1. The Labute approximate surface area is 178 Å². The van der Waals surface area contributed by atoms with E-state index in [2.05, 4.69) is 15.5 Å². The smallest absolute Gasteiger partial charge is 0.359 e. The molecule has 159 valence electrons. The first-order valence-electron chi connectivity index (χ1n) is 8.55. The minimum Gasteiger partial charge on any atom is -0.359 e. The van der Waals surface area contributed by atoms with Crippen molar-refractivity contribution in [2.24, 2.45) is 0 Å². The van der Waals surface area contributed by atoms with Gasteiger partial charge in [-0.15, -0.1) is 0 Å². The molecule has 29 heavy (non-hydrogen) atoms. The lowest BCUT2D eigenvalue weighted by Gasteiger charge is -2.37. The second kappa shape index (κ2) is 9.22. The number of hydrogen-bond donors (Lipinski definition) is 0. The van der Waals surface area contributed by atoms with Crippen molar-refractivity contribution in [3.63, 3.8) is 0 Å². The van der Waals surface area contributed by atoms with Crippen molar-refractivity contribution in [1.29, 1.82) is 0 Å². The molecule has 0 aliphatic heterocycles. The van der Waals surface area contributed by atoms with E-state index >= 15 is 0 Å². The van der Waals surface area contributed by atoms with E-state index in [0.717, 1.165) is 22.8 Å². The molecule has 2 rings (SSSR count). The van der Waals surface area contributed by atoms with Crippen LogP contribution in [0.3, 0.4) is 0 Å². The molecule has 1 radical (unpaired) electrons. The highest BCUT2D eigenvalue weighted by atomic mass is 127. The standard InChI is InChI=1S/C20H18F6IO2/c1-3-6-13-11-14(9-10-15(13)16-7-4-5-8-17(16)27)18(19(21,22)23,20(24,25)26)29-12-28-2/h4,7-11H,3,6,12H2,1-2H3. The molecule has 0 spiro atoms. The van der Waals surface area contributed by atoms with E-state index < -0.39 is 30.3 Å². The van der Waals surface area contributed by atoms with Gasteiger partial charge in [0.2, 0.25) is 0 Å². The lowest BCUT2D eigenvalue weighted by Crippen LogP contribution is -2.56. The van der Waals surface area contributed by atoms with Gasteiger partial charge in [-0.05, 0) is 57.8 Å². The molecule has 0 N–H and O–H groups in total. The predicted molar refractivity (Wildman–Crippen MR) is 104 cm³/mol. The van der Waals surface area contributed by atoms with E-state index in [1.807, 2.05) is 22.6 Å². The first kappa shape index (κ1) is 23.9. The lowest BCUT2D eigenvalue weighted by atomic mass is 9.86. The highest BCUT2D eigenvalue weighted by Crippen LogP contribution is 2.53. The minimum atomic E-state index is -5.75. The Morgan fingerprint density at radius 1 is 1.00 bits per heavy atom. The molecular formula is C20H18F6IO2. The summed E-state index contributed by atoms with van der Waals surface area (Å²) in [5.41, 5.74) is -3.87. The van der Waals surface area contributed by atoms with Crippen LogP contribution in [-0.4, -0.2) is 26.3 Å². The van der Waals surface area contributed by atoms with Crippen LogP contribution >= 0.6 is 22.6 Å². The van der Waals surface area contributed by atoms with Gasteiger partial charge in [-0.1, -0.05) is 43.7 Å². The van der Waals surface area contributed by atoms with Crippen LogP contribution in [0.1, 0.15) is 24.5 Å². The molecule has 9 heteroatoms. The van der Waals surface area contributed by atoms with Crippen LogP contribution in [0.2, 0.25) is 0 Å². The van der Waals surface area contributed by atoms with E-state index in [0.29, 0.717) is 29.5 Å². The van der Waals surface area contributed by atoms with Crippen molar-refractivity contribution in [1.82, 2.24) is 0 Å². The molecule has 0 saturated heterocycles. The van der Waals surface area contributed by atoms with Crippen molar-refractivity contribution in [2.45, 2.75) is 37.7 Å². The number of hydrogen-bond acceptors (Lipinski definition) is 2. The fraction of sp³-hybridized carbons (Fsp3) is 0.400. The monoisotopic (exact) mass is 531 g/mol. The summed E-state index contributed by atoms with van der Waals surface area (Å²) in [5.74, 6) is 0. The quantitative estimate of drug-likeness (QED) is 0.226. The zero-order valence-corrected chi connectivity index (χ0v) is 17.7. The van der Waals surface area contributed by atoms with E-state index in [1.54, 1.807) is 25.1 Å². The number of benzene rings is 2. The molecule has 2 nitrogen and oxygen atoms in total. The van der Waals surface area contributed by atoms with Crippen molar-refractivity contribution in [3.8, 4) is 11.1 Å². The molecule has 0 saturated carbocycles. The van der Waals surface area contributed by atoms with Crippen LogP contribution < -0.4 is 0 Å². The van der Waals surface area contributed by atoms with Gasteiger partial charge in [0.1, 0.15) is 6.79 Å². The SMILES string of the molecule is CCCc1cc(C(OCOC)(C(F)(F)F)C(F)(F)F)ccc1-c1cc[c]cc1I. The Balaban J connectivity index is 2.76. The number of aryl methyl sites for hydroxylation is 1. The Morgan fingerprint density at radius 3 is 2.17 bits per heavy atom. The fourth-order valence-electron chi connectivity index (χ4n) is 3.06. The molecule has 0 aromatic heterocycles.